The van der Waals surface area contributed by atoms with Crippen molar-refractivity contribution in [1.82, 2.24) is 19.5 Å². The second-order valence-corrected chi connectivity index (χ2v) is 8.15. The van der Waals surface area contributed by atoms with E-state index in [0.29, 0.717) is 22.6 Å². The minimum absolute atomic E-state index is 0.276. The molecule has 0 radical (unpaired) electrons. The van der Waals surface area contributed by atoms with Gasteiger partial charge >= 0.3 is 0 Å². The Kier molecular flexibility index (Phi) is 4.72. The van der Waals surface area contributed by atoms with Gasteiger partial charge in [0.2, 0.25) is 0 Å². The van der Waals surface area contributed by atoms with Gasteiger partial charge in [-0.05, 0) is 44.7 Å². The maximum atomic E-state index is 13.4. The van der Waals surface area contributed by atoms with Crippen molar-refractivity contribution in [2.75, 3.05) is 11.4 Å². The fourth-order valence-electron chi connectivity index (χ4n) is 4.31. The number of aryl methyl sites for hydroxylation is 1. The van der Waals surface area contributed by atoms with Crippen LogP contribution in [0.1, 0.15) is 55.0 Å². The van der Waals surface area contributed by atoms with Crippen LogP contribution in [0.5, 0.6) is 0 Å². The van der Waals surface area contributed by atoms with E-state index in [1.165, 1.54) is 0 Å². The van der Waals surface area contributed by atoms with E-state index in [4.69, 9.17) is 4.98 Å². The fraction of sp³-hybridized carbons (Fsp3) is 0.455. The third kappa shape index (κ3) is 3.44. The predicted octanol–water partition coefficient (Wildman–Crippen LogP) is 3.98. The van der Waals surface area contributed by atoms with Gasteiger partial charge in [0.1, 0.15) is 17.5 Å². The molecule has 0 N–H and O–H groups in total. The highest BCUT2D eigenvalue weighted by Gasteiger charge is 2.34. The van der Waals surface area contributed by atoms with Crippen LogP contribution in [0.2, 0.25) is 0 Å². The average molecular weight is 411 g/mol. The molecule has 2 fully saturated rings. The summed E-state index contributed by atoms with van der Waals surface area (Å²) < 4.78 is 27.9. The number of anilines is 1. The molecule has 2 aliphatic rings. The van der Waals surface area contributed by atoms with E-state index >= 15 is 0 Å². The molecule has 8 heteroatoms. The Labute approximate surface area is 172 Å². The highest BCUT2D eigenvalue weighted by molar-refractivity contribution is 5.77. The second-order valence-electron chi connectivity index (χ2n) is 8.15. The summed E-state index contributed by atoms with van der Waals surface area (Å²) in [4.78, 5) is 29.2. The Hall–Kier alpha value is -2.90. The van der Waals surface area contributed by atoms with Gasteiger partial charge in [-0.15, -0.1) is 0 Å². The molecule has 3 aromatic rings. The van der Waals surface area contributed by atoms with Gasteiger partial charge in [-0.2, -0.15) is 0 Å². The molecule has 0 amide bonds. The summed E-state index contributed by atoms with van der Waals surface area (Å²) in [7, 11) is 0. The summed E-state index contributed by atoms with van der Waals surface area (Å²) >= 11 is 0. The molecule has 1 aromatic carbocycles. The molecule has 6 nitrogen and oxygen atoms in total. The van der Waals surface area contributed by atoms with Crippen molar-refractivity contribution >= 4 is 16.7 Å². The van der Waals surface area contributed by atoms with Gasteiger partial charge in [0.15, 0.2) is 0 Å². The maximum absolute atomic E-state index is 13.4. The van der Waals surface area contributed by atoms with E-state index < -0.39 is 18.5 Å². The second kappa shape index (κ2) is 7.41. The zero-order valence-electron chi connectivity index (χ0n) is 16.8. The van der Waals surface area contributed by atoms with E-state index in [0.717, 1.165) is 54.1 Å². The van der Waals surface area contributed by atoms with Gasteiger partial charge in [-0.25, -0.2) is 23.7 Å². The molecular weight excluding hydrogens is 388 g/mol. The first-order valence-electron chi connectivity index (χ1n) is 10.4. The van der Waals surface area contributed by atoms with Crippen LogP contribution in [0.4, 0.5) is 14.6 Å². The van der Waals surface area contributed by atoms with Gasteiger partial charge < -0.3 is 4.90 Å². The normalized spacial score (nSPS) is 19.2. The number of aromatic nitrogens is 4. The average Bonchev–Trinajstić information content (AvgIpc) is 3.46. The number of halogens is 2. The Morgan fingerprint density at radius 2 is 1.93 bits per heavy atom. The number of hydrogen-bond donors (Lipinski definition) is 0. The molecule has 2 aromatic heterocycles. The molecule has 3 heterocycles. The summed E-state index contributed by atoms with van der Waals surface area (Å²) in [6.07, 6.45) is 1.18. The summed E-state index contributed by atoms with van der Waals surface area (Å²) in [5, 5.41) is 0.361. The monoisotopic (exact) mass is 411 g/mol. The van der Waals surface area contributed by atoms with Crippen LogP contribution in [0.25, 0.3) is 10.9 Å². The fourth-order valence-corrected chi connectivity index (χ4v) is 4.31. The van der Waals surface area contributed by atoms with Crippen LogP contribution in [-0.4, -0.2) is 32.5 Å². The van der Waals surface area contributed by atoms with Gasteiger partial charge in [0.05, 0.1) is 23.5 Å². The molecule has 1 saturated carbocycles. The minimum Gasteiger partial charge on any atom is -0.346 e. The van der Waals surface area contributed by atoms with Crippen LogP contribution >= 0.6 is 0 Å². The highest BCUT2D eigenvalue weighted by Crippen LogP contribution is 2.40. The number of hydrogen-bond acceptors (Lipinski definition) is 5. The van der Waals surface area contributed by atoms with Crippen molar-refractivity contribution < 1.29 is 8.78 Å². The van der Waals surface area contributed by atoms with E-state index in [9.17, 15) is 13.6 Å². The zero-order valence-corrected chi connectivity index (χ0v) is 16.8. The molecule has 156 valence electrons. The van der Waals surface area contributed by atoms with Gasteiger partial charge in [0.25, 0.3) is 12.0 Å². The Bertz CT molecular complexity index is 1160. The first kappa shape index (κ1) is 19.1. The quantitative estimate of drug-likeness (QED) is 0.636. The molecule has 5 rings (SSSR count). The van der Waals surface area contributed by atoms with Crippen molar-refractivity contribution in [2.45, 2.75) is 57.5 Å². The Morgan fingerprint density at radius 3 is 2.70 bits per heavy atom. The van der Waals surface area contributed by atoms with Crippen LogP contribution in [0, 0.1) is 6.92 Å². The van der Waals surface area contributed by atoms with Crippen molar-refractivity contribution in [3.05, 3.63) is 58.0 Å². The van der Waals surface area contributed by atoms with E-state index in [1.807, 2.05) is 13.0 Å². The lowest BCUT2D eigenvalue weighted by Crippen LogP contribution is -2.34. The third-order valence-corrected chi connectivity index (χ3v) is 5.86. The van der Waals surface area contributed by atoms with E-state index in [1.54, 1.807) is 24.3 Å². The van der Waals surface area contributed by atoms with Crippen molar-refractivity contribution in [3.8, 4) is 0 Å². The Balaban J connectivity index is 1.63. The van der Waals surface area contributed by atoms with Crippen LogP contribution in [-0.2, 0) is 6.54 Å². The first-order valence-corrected chi connectivity index (χ1v) is 10.4. The van der Waals surface area contributed by atoms with Crippen LogP contribution < -0.4 is 10.5 Å². The maximum Gasteiger partial charge on any atom is 0.261 e. The lowest BCUT2D eigenvalue weighted by Gasteiger charge is -2.28. The lowest BCUT2D eigenvalue weighted by atomic mass is 10.1. The molecule has 0 bridgehead atoms. The molecule has 1 aliphatic carbocycles. The number of rotatable bonds is 5. The van der Waals surface area contributed by atoms with Crippen LogP contribution in [0.3, 0.4) is 0 Å². The highest BCUT2D eigenvalue weighted by atomic mass is 19.3. The minimum atomic E-state index is -2.64. The standard InChI is InChI=1S/C22H23F2N5O/c1-13-11-19(27-20(25-13)14-8-9-14)28-10-4-7-17(28)21-26-16-6-3-2-5-15(16)22(30)29(21)12-18(23)24/h2-3,5-6,11,14,17-18H,4,7-10,12H2,1H3. The molecule has 0 spiro atoms. The number of benzene rings is 1. The predicted molar refractivity (Wildman–Crippen MR) is 110 cm³/mol. The van der Waals surface area contributed by atoms with E-state index in [2.05, 4.69) is 14.9 Å². The van der Waals surface area contributed by atoms with Gasteiger partial charge in [-0.3, -0.25) is 9.36 Å². The van der Waals surface area contributed by atoms with Crippen LogP contribution in [0.15, 0.2) is 35.1 Å². The number of alkyl halides is 2. The third-order valence-electron chi connectivity index (χ3n) is 5.86. The summed E-state index contributed by atoms with van der Waals surface area (Å²) in [5.74, 6) is 2.45. The smallest absolute Gasteiger partial charge is 0.261 e. The summed E-state index contributed by atoms with van der Waals surface area (Å²) in [6, 6.07) is 8.58. The van der Waals surface area contributed by atoms with E-state index in [-0.39, 0.29) is 6.04 Å². The van der Waals surface area contributed by atoms with Crippen molar-refractivity contribution in [2.24, 2.45) is 0 Å². The zero-order chi connectivity index (χ0) is 20.8. The molecule has 30 heavy (non-hydrogen) atoms. The number of nitrogens with zero attached hydrogens (tertiary/aromatic N) is 5. The summed E-state index contributed by atoms with van der Waals surface area (Å²) in [6.45, 7) is 2.03. The molecule has 1 aliphatic heterocycles. The largest absolute Gasteiger partial charge is 0.346 e. The summed E-state index contributed by atoms with van der Waals surface area (Å²) in [5.41, 5.74) is 1.01. The molecule has 1 saturated heterocycles. The number of para-hydroxylation sites is 1. The Morgan fingerprint density at radius 1 is 1.13 bits per heavy atom. The SMILES string of the molecule is Cc1cc(N2CCCC2c2nc3ccccc3c(=O)n2CC(F)F)nc(C2CC2)n1. The lowest BCUT2D eigenvalue weighted by molar-refractivity contribution is 0.123. The topological polar surface area (TPSA) is 63.9 Å². The molecule has 1 atom stereocenters. The molecule has 1 unspecified atom stereocenters. The van der Waals surface area contributed by atoms with Crippen molar-refractivity contribution in [3.63, 3.8) is 0 Å². The van der Waals surface area contributed by atoms with Gasteiger partial charge in [-0.1, -0.05) is 12.1 Å². The van der Waals surface area contributed by atoms with Gasteiger partial charge in [0, 0.05) is 24.2 Å². The first-order chi connectivity index (χ1) is 14.5. The molecular formula is C22H23F2N5O. The van der Waals surface area contributed by atoms with Crippen molar-refractivity contribution in [1.29, 1.82) is 0 Å². The number of fused-ring (bicyclic) bond motifs is 1.